The monoisotopic (exact) mass is 403 g/mol. The molecule has 1 aliphatic rings. The summed E-state index contributed by atoms with van der Waals surface area (Å²) < 4.78 is 0. The van der Waals surface area contributed by atoms with E-state index >= 15 is 0 Å². The molecule has 1 N–H and O–H groups in total. The minimum Gasteiger partial charge on any atom is -0.385 e. The predicted molar refractivity (Wildman–Crippen MR) is 115 cm³/mol. The summed E-state index contributed by atoms with van der Waals surface area (Å²) in [6, 6.07) is 15.6. The highest BCUT2D eigenvalue weighted by atomic mass is 35.5. The summed E-state index contributed by atoms with van der Waals surface area (Å²) in [5.41, 5.74) is 2.24. The van der Waals surface area contributed by atoms with Crippen molar-refractivity contribution < 1.29 is 5.11 Å². The van der Waals surface area contributed by atoms with Crippen LogP contribution in [0, 0.1) is 5.92 Å². The average Bonchev–Trinajstić information content (AvgIpc) is 2.62. The molecule has 0 bridgehead atoms. The molecule has 2 nitrogen and oxygen atoms in total. The van der Waals surface area contributed by atoms with E-state index in [1.807, 2.05) is 48.5 Å². The molecule has 0 heterocycles. The Morgan fingerprint density at radius 2 is 1.81 bits per heavy atom. The summed E-state index contributed by atoms with van der Waals surface area (Å²) in [6.07, 6.45) is 5.66. The minimum atomic E-state index is -0.910. The highest BCUT2D eigenvalue weighted by Crippen LogP contribution is 2.42. The maximum atomic E-state index is 12.0. The van der Waals surface area contributed by atoms with Gasteiger partial charge in [0, 0.05) is 28.9 Å². The molecule has 0 aliphatic heterocycles. The van der Waals surface area contributed by atoms with Gasteiger partial charge in [0.25, 0.3) is 0 Å². The Balaban J connectivity index is 2.01. The van der Waals surface area contributed by atoms with Crippen LogP contribution in [0.25, 0.3) is 6.08 Å². The molecule has 1 saturated carbocycles. The normalized spacial score (nSPS) is 24.5. The standard InChI is InChI=1S/C23H27Cl2NO/c1-26(2)16-20-8-5-7-19(14-17-10-12-21(24)13-11-17)23(20,27)15-18-6-3-4-9-22(18)25/h3-4,6,9-14,20,27H,5,7-8,15-16H2,1-2H3/b19-14+. The van der Waals surface area contributed by atoms with Gasteiger partial charge in [0.15, 0.2) is 0 Å². The maximum absolute atomic E-state index is 12.0. The van der Waals surface area contributed by atoms with Crippen LogP contribution in [0.1, 0.15) is 30.4 Å². The SMILES string of the molecule is CN(C)CC1CCC/C(=C\c2ccc(Cl)cc2)C1(O)Cc1ccccc1Cl. The van der Waals surface area contributed by atoms with Crippen LogP contribution in [0.15, 0.2) is 54.1 Å². The van der Waals surface area contributed by atoms with Crippen LogP contribution in [0.5, 0.6) is 0 Å². The second kappa shape index (κ2) is 8.79. The zero-order valence-electron chi connectivity index (χ0n) is 16.0. The van der Waals surface area contributed by atoms with Crippen LogP contribution in [0.2, 0.25) is 10.0 Å². The first-order valence-corrected chi connectivity index (χ1v) is 10.2. The van der Waals surface area contributed by atoms with Crippen LogP contribution in [-0.4, -0.2) is 36.2 Å². The van der Waals surface area contributed by atoms with Crippen molar-refractivity contribution in [2.75, 3.05) is 20.6 Å². The molecule has 1 fully saturated rings. The molecule has 2 unspecified atom stereocenters. The Labute approximate surface area is 172 Å². The second-order valence-corrected chi connectivity index (χ2v) is 8.61. The topological polar surface area (TPSA) is 23.5 Å². The molecule has 0 spiro atoms. The summed E-state index contributed by atoms with van der Waals surface area (Å²) in [5.74, 6) is 0.163. The lowest BCUT2D eigenvalue weighted by Gasteiger charge is -2.44. The van der Waals surface area contributed by atoms with E-state index in [1.54, 1.807) is 0 Å². The summed E-state index contributed by atoms with van der Waals surface area (Å²) in [6.45, 7) is 0.846. The Morgan fingerprint density at radius 1 is 1.11 bits per heavy atom. The Morgan fingerprint density at radius 3 is 2.48 bits per heavy atom. The van der Waals surface area contributed by atoms with Gasteiger partial charge in [-0.15, -0.1) is 0 Å². The van der Waals surface area contributed by atoms with Crippen molar-refractivity contribution in [3.05, 3.63) is 75.3 Å². The smallest absolute Gasteiger partial charge is 0.0940 e. The lowest BCUT2D eigenvalue weighted by molar-refractivity contribution is -0.0123. The summed E-state index contributed by atoms with van der Waals surface area (Å²) in [4.78, 5) is 2.16. The molecular weight excluding hydrogens is 377 g/mol. The molecule has 0 radical (unpaired) electrons. The van der Waals surface area contributed by atoms with Crippen molar-refractivity contribution >= 4 is 29.3 Å². The molecule has 27 heavy (non-hydrogen) atoms. The van der Waals surface area contributed by atoms with Gasteiger partial charge in [-0.05, 0) is 68.3 Å². The van der Waals surface area contributed by atoms with E-state index in [4.69, 9.17) is 23.2 Å². The van der Waals surface area contributed by atoms with Crippen molar-refractivity contribution in [3.8, 4) is 0 Å². The van der Waals surface area contributed by atoms with Gasteiger partial charge in [0.1, 0.15) is 0 Å². The molecule has 2 atom stereocenters. The van der Waals surface area contributed by atoms with Crippen LogP contribution in [0.3, 0.4) is 0 Å². The van der Waals surface area contributed by atoms with Gasteiger partial charge in [0.05, 0.1) is 5.60 Å². The molecule has 2 aromatic carbocycles. The first kappa shape index (κ1) is 20.4. The molecule has 4 heteroatoms. The van der Waals surface area contributed by atoms with E-state index in [2.05, 4.69) is 25.1 Å². The Bertz CT molecular complexity index is 800. The number of rotatable bonds is 5. The summed E-state index contributed by atoms with van der Waals surface area (Å²) in [5, 5.41) is 13.4. The van der Waals surface area contributed by atoms with Crippen LogP contribution in [-0.2, 0) is 6.42 Å². The molecule has 0 amide bonds. The highest BCUT2D eigenvalue weighted by molar-refractivity contribution is 6.31. The molecule has 3 rings (SSSR count). The van der Waals surface area contributed by atoms with Gasteiger partial charge in [-0.3, -0.25) is 0 Å². The molecule has 0 aromatic heterocycles. The van der Waals surface area contributed by atoms with Gasteiger partial charge in [0.2, 0.25) is 0 Å². The third-order valence-corrected chi connectivity index (χ3v) is 6.07. The lowest BCUT2D eigenvalue weighted by atomic mass is 9.68. The van der Waals surface area contributed by atoms with Gasteiger partial charge >= 0.3 is 0 Å². The van der Waals surface area contributed by atoms with Crippen molar-refractivity contribution in [2.24, 2.45) is 5.92 Å². The van der Waals surface area contributed by atoms with E-state index in [0.29, 0.717) is 11.4 Å². The van der Waals surface area contributed by atoms with Crippen molar-refractivity contribution in [1.82, 2.24) is 4.90 Å². The van der Waals surface area contributed by atoms with Gasteiger partial charge in [-0.1, -0.05) is 59.6 Å². The number of aliphatic hydroxyl groups is 1. The molecule has 0 saturated heterocycles. The quantitative estimate of drug-likeness (QED) is 0.690. The Kier molecular flexibility index (Phi) is 6.65. The number of benzene rings is 2. The van der Waals surface area contributed by atoms with E-state index in [0.717, 1.165) is 47.5 Å². The third kappa shape index (κ3) is 4.94. The summed E-state index contributed by atoms with van der Waals surface area (Å²) in [7, 11) is 4.13. The highest BCUT2D eigenvalue weighted by Gasteiger charge is 2.43. The third-order valence-electron chi connectivity index (χ3n) is 5.44. The Hall–Kier alpha value is -1.32. The van der Waals surface area contributed by atoms with Crippen molar-refractivity contribution in [2.45, 2.75) is 31.3 Å². The first-order chi connectivity index (χ1) is 12.9. The van der Waals surface area contributed by atoms with Gasteiger partial charge in [-0.2, -0.15) is 0 Å². The number of hydrogen-bond donors (Lipinski definition) is 1. The number of nitrogens with zero attached hydrogens (tertiary/aromatic N) is 1. The molecule has 144 valence electrons. The van der Waals surface area contributed by atoms with Crippen molar-refractivity contribution in [1.29, 1.82) is 0 Å². The fourth-order valence-corrected chi connectivity index (χ4v) is 4.42. The summed E-state index contributed by atoms with van der Waals surface area (Å²) >= 11 is 12.5. The van der Waals surface area contributed by atoms with Crippen LogP contribution >= 0.6 is 23.2 Å². The average molecular weight is 404 g/mol. The van der Waals surface area contributed by atoms with Gasteiger partial charge < -0.3 is 10.0 Å². The fourth-order valence-electron chi connectivity index (χ4n) is 4.09. The fraction of sp³-hybridized carbons (Fsp3) is 0.391. The van der Waals surface area contributed by atoms with E-state index in [9.17, 15) is 5.11 Å². The predicted octanol–water partition coefficient (Wildman–Crippen LogP) is 5.71. The second-order valence-electron chi connectivity index (χ2n) is 7.76. The van der Waals surface area contributed by atoms with E-state index in [1.165, 1.54) is 0 Å². The van der Waals surface area contributed by atoms with E-state index in [-0.39, 0.29) is 5.92 Å². The van der Waals surface area contributed by atoms with E-state index < -0.39 is 5.60 Å². The zero-order chi connectivity index (χ0) is 19.4. The van der Waals surface area contributed by atoms with Crippen LogP contribution < -0.4 is 0 Å². The zero-order valence-corrected chi connectivity index (χ0v) is 17.5. The number of hydrogen-bond acceptors (Lipinski definition) is 2. The molecular formula is C23H27Cl2NO. The largest absolute Gasteiger partial charge is 0.385 e. The lowest BCUT2D eigenvalue weighted by Crippen LogP contribution is -2.48. The molecule has 2 aromatic rings. The molecule has 1 aliphatic carbocycles. The maximum Gasteiger partial charge on any atom is 0.0940 e. The minimum absolute atomic E-state index is 0.163. The van der Waals surface area contributed by atoms with Crippen molar-refractivity contribution in [3.63, 3.8) is 0 Å². The van der Waals surface area contributed by atoms with Gasteiger partial charge in [-0.25, -0.2) is 0 Å². The number of halogens is 2. The first-order valence-electron chi connectivity index (χ1n) is 9.45. The van der Waals surface area contributed by atoms with Crippen LogP contribution in [0.4, 0.5) is 0 Å².